The van der Waals surface area contributed by atoms with Gasteiger partial charge in [0.15, 0.2) is 0 Å². The molecule has 0 spiro atoms. The molecule has 0 amide bonds. The lowest BCUT2D eigenvalue weighted by atomic mass is 9.93. The molecule has 0 aliphatic carbocycles. The van der Waals surface area contributed by atoms with E-state index < -0.39 is 0 Å². The lowest BCUT2D eigenvalue weighted by Crippen LogP contribution is -2.44. The van der Waals surface area contributed by atoms with Gasteiger partial charge in [-0.15, -0.1) is 0 Å². The predicted octanol–water partition coefficient (Wildman–Crippen LogP) is 3.69. The van der Waals surface area contributed by atoms with Crippen molar-refractivity contribution in [2.75, 3.05) is 12.3 Å². The lowest BCUT2D eigenvalue weighted by Gasteiger charge is -2.34. The van der Waals surface area contributed by atoms with Gasteiger partial charge in [-0.3, -0.25) is 0 Å². The van der Waals surface area contributed by atoms with Crippen molar-refractivity contribution in [3.8, 4) is 0 Å². The molecule has 0 radical (unpaired) electrons. The minimum Gasteiger partial charge on any atom is -0.313 e. The van der Waals surface area contributed by atoms with Crippen LogP contribution in [0.5, 0.6) is 0 Å². The molecule has 1 heterocycles. The number of thioether (sulfide) groups is 1. The van der Waals surface area contributed by atoms with Gasteiger partial charge < -0.3 is 5.32 Å². The van der Waals surface area contributed by atoms with E-state index in [1.165, 1.54) is 44.4 Å². The van der Waals surface area contributed by atoms with Crippen molar-refractivity contribution < 1.29 is 0 Å². The third kappa shape index (κ3) is 4.36. The van der Waals surface area contributed by atoms with Gasteiger partial charge in [0.05, 0.1) is 0 Å². The summed E-state index contributed by atoms with van der Waals surface area (Å²) in [5, 5.41) is 4.64. The minimum atomic E-state index is 0.750. The van der Waals surface area contributed by atoms with E-state index >= 15 is 0 Å². The van der Waals surface area contributed by atoms with Crippen molar-refractivity contribution >= 4 is 11.8 Å². The van der Waals surface area contributed by atoms with Crippen molar-refractivity contribution in [3.05, 3.63) is 0 Å². The molecule has 1 saturated heterocycles. The molecular formula is C13H27NS. The summed E-state index contributed by atoms with van der Waals surface area (Å²) in [6.45, 7) is 8.17. The van der Waals surface area contributed by atoms with Gasteiger partial charge in [-0.1, -0.05) is 33.6 Å². The van der Waals surface area contributed by atoms with E-state index in [-0.39, 0.29) is 0 Å². The summed E-state index contributed by atoms with van der Waals surface area (Å²) in [4.78, 5) is 0. The minimum absolute atomic E-state index is 0.750. The van der Waals surface area contributed by atoms with Crippen LogP contribution in [-0.2, 0) is 0 Å². The monoisotopic (exact) mass is 229 g/mol. The molecule has 1 rings (SSSR count). The summed E-state index contributed by atoms with van der Waals surface area (Å²) in [5.74, 6) is 2.21. The van der Waals surface area contributed by atoms with Crippen LogP contribution in [0.15, 0.2) is 0 Å². The third-order valence-corrected chi connectivity index (χ3v) is 4.98. The molecule has 90 valence electrons. The molecule has 1 nitrogen and oxygen atoms in total. The maximum Gasteiger partial charge on any atom is 0.0212 e. The molecule has 1 aliphatic heterocycles. The Morgan fingerprint density at radius 1 is 1.33 bits per heavy atom. The molecule has 0 saturated carbocycles. The van der Waals surface area contributed by atoms with Crippen LogP contribution in [0.25, 0.3) is 0 Å². The summed E-state index contributed by atoms with van der Waals surface area (Å²) in [6.07, 6.45) is 6.86. The summed E-state index contributed by atoms with van der Waals surface area (Å²) >= 11 is 2.20. The number of hydrogen-bond acceptors (Lipinski definition) is 2. The highest BCUT2D eigenvalue weighted by molar-refractivity contribution is 8.00. The second-order valence-electron chi connectivity index (χ2n) is 4.77. The van der Waals surface area contributed by atoms with Gasteiger partial charge in [-0.2, -0.15) is 11.8 Å². The summed E-state index contributed by atoms with van der Waals surface area (Å²) < 4.78 is 0. The van der Waals surface area contributed by atoms with E-state index in [1.54, 1.807) is 0 Å². The van der Waals surface area contributed by atoms with E-state index in [2.05, 4.69) is 37.8 Å². The Morgan fingerprint density at radius 3 is 2.67 bits per heavy atom. The molecule has 15 heavy (non-hydrogen) atoms. The van der Waals surface area contributed by atoms with Gasteiger partial charge in [0.25, 0.3) is 0 Å². The summed E-state index contributed by atoms with van der Waals surface area (Å²) in [7, 11) is 0. The topological polar surface area (TPSA) is 12.0 Å². The fraction of sp³-hybridized carbons (Fsp3) is 1.00. The highest BCUT2D eigenvalue weighted by Gasteiger charge is 2.27. The van der Waals surface area contributed by atoms with Crippen LogP contribution in [0.4, 0.5) is 0 Å². The van der Waals surface area contributed by atoms with Gasteiger partial charge in [-0.25, -0.2) is 0 Å². The second-order valence-corrected chi connectivity index (χ2v) is 6.12. The first-order valence-electron chi connectivity index (χ1n) is 6.64. The van der Waals surface area contributed by atoms with E-state index in [4.69, 9.17) is 0 Å². The Kier molecular flexibility index (Phi) is 6.74. The number of rotatable bonds is 6. The standard InChI is InChI=1S/C13H27NS/c1-4-9-14-13(11(3)5-2)12-8-6-7-10-15-12/h11-14H,4-10H2,1-3H3. The smallest absolute Gasteiger partial charge is 0.0212 e. The molecular weight excluding hydrogens is 202 g/mol. The average molecular weight is 229 g/mol. The van der Waals surface area contributed by atoms with Crippen molar-refractivity contribution in [1.82, 2.24) is 5.32 Å². The fourth-order valence-corrected chi connectivity index (χ4v) is 3.89. The van der Waals surface area contributed by atoms with Crippen molar-refractivity contribution in [3.63, 3.8) is 0 Å². The van der Waals surface area contributed by atoms with Crippen LogP contribution >= 0.6 is 11.8 Å². The zero-order chi connectivity index (χ0) is 11.1. The first-order chi connectivity index (χ1) is 7.29. The highest BCUT2D eigenvalue weighted by Crippen LogP contribution is 2.31. The highest BCUT2D eigenvalue weighted by atomic mass is 32.2. The van der Waals surface area contributed by atoms with Gasteiger partial charge in [-0.05, 0) is 37.5 Å². The molecule has 3 unspecified atom stereocenters. The first kappa shape index (κ1) is 13.4. The molecule has 0 aromatic heterocycles. The Morgan fingerprint density at radius 2 is 2.13 bits per heavy atom. The molecule has 1 aliphatic rings. The van der Waals surface area contributed by atoms with Gasteiger partial charge in [0.2, 0.25) is 0 Å². The van der Waals surface area contributed by atoms with E-state index in [1.807, 2.05) is 0 Å². The number of hydrogen-bond donors (Lipinski definition) is 1. The van der Waals surface area contributed by atoms with Crippen LogP contribution in [-0.4, -0.2) is 23.6 Å². The molecule has 1 N–H and O–H groups in total. The Balaban J connectivity index is 2.45. The lowest BCUT2D eigenvalue weighted by molar-refractivity contribution is 0.344. The molecule has 2 heteroatoms. The largest absolute Gasteiger partial charge is 0.313 e. The van der Waals surface area contributed by atoms with Crippen LogP contribution in [0.2, 0.25) is 0 Å². The third-order valence-electron chi connectivity index (χ3n) is 3.50. The molecule has 1 fully saturated rings. The van der Waals surface area contributed by atoms with Crippen molar-refractivity contribution in [2.24, 2.45) is 5.92 Å². The quantitative estimate of drug-likeness (QED) is 0.745. The van der Waals surface area contributed by atoms with Crippen molar-refractivity contribution in [1.29, 1.82) is 0 Å². The Labute approximate surface area is 99.8 Å². The van der Waals surface area contributed by atoms with Crippen LogP contribution < -0.4 is 5.32 Å². The molecule has 0 aromatic carbocycles. The summed E-state index contributed by atoms with van der Waals surface area (Å²) in [5.41, 5.74) is 0. The van der Waals surface area contributed by atoms with Gasteiger partial charge >= 0.3 is 0 Å². The normalized spacial score (nSPS) is 26.2. The zero-order valence-electron chi connectivity index (χ0n) is 10.6. The Hall–Kier alpha value is 0.310. The van der Waals surface area contributed by atoms with Crippen LogP contribution in [0, 0.1) is 5.92 Å². The van der Waals surface area contributed by atoms with Gasteiger partial charge in [0.1, 0.15) is 0 Å². The number of nitrogens with one attached hydrogen (secondary N) is 1. The fourth-order valence-electron chi connectivity index (χ4n) is 2.31. The maximum absolute atomic E-state index is 3.77. The van der Waals surface area contributed by atoms with E-state index in [0.717, 1.165) is 17.2 Å². The molecule has 3 atom stereocenters. The second kappa shape index (κ2) is 7.56. The van der Waals surface area contributed by atoms with E-state index in [9.17, 15) is 0 Å². The van der Waals surface area contributed by atoms with Crippen LogP contribution in [0.3, 0.4) is 0 Å². The van der Waals surface area contributed by atoms with Gasteiger partial charge in [0, 0.05) is 11.3 Å². The van der Waals surface area contributed by atoms with E-state index in [0.29, 0.717) is 0 Å². The first-order valence-corrected chi connectivity index (χ1v) is 7.69. The van der Waals surface area contributed by atoms with Crippen molar-refractivity contribution in [2.45, 2.75) is 64.2 Å². The maximum atomic E-state index is 3.77. The molecule has 0 aromatic rings. The molecule has 0 bridgehead atoms. The van der Waals surface area contributed by atoms with Crippen LogP contribution in [0.1, 0.15) is 52.9 Å². The SMILES string of the molecule is CCCNC(C(C)CC)C1CCCCS1. The predicted molar refractivity (Wildman–Crippen MR) is 71.6 cm³/mol. The average Bonchev–Trinajstić information content (AvgIpc) is 2.30. The Bertz CT molecular complexity index is 155. The zero-order valence-corrected chi connectivity index (χ0v) is 11.4. The summed E-state index contributed by atoms with van der Waals surface area (Å²) in [6, 6.07) is 0.750.